The molecular weight excluding hydrogens is 207 g/mol. The second kappa shape index (κ2) is 5.39. The first-order valence-corrected chi connectivity index (χ1v) is 5.09. The summed E-state index contributed by atoms with van der Waals surface area (Å²) < 4.78 is 19.9. The Balaban J connectivity index is 2.89. The average molecular weight is 223 g/mol. The summed E-state index contributed by atoms with van der Waals surface area (Å²) in [6.45, 7) is 7.42. The minimum atomic E-state index is -0.227. The summed E-state index contributed by atoms with van der Waals surface area (Å²) >= 11 is 0. The molecule has 0 saturated carbocycles. The Morgan fingerprint density at radius 1 is 1.69 bits per heavy atom. The molecular formula is C12H16FN2O+. The van der Waals surface area contributed by atoms with Crippen molar-refractivity contribution in [1.82, 2.24) is 5.16 Å². The van der Waals surface area contributed by atoms with Crippen molar-refractivity contribution in [3.63, 3.8) is 0 Å². The molecule has 0 bridgehead atoms. The molecule has 1 heterocycles. The zero-order chi connectivity index (χ0) is 12.1. The second-order valence-corrected chi connectivity index (χ2v) is 3.55. The summed E-state index contributed by atoms with van der Waals surface area (Å²) in [5.74, 6) is 0.360. The molecule has 0 spiro atoms. The van der Waals surface area contributed by atoms with Gasteiger partial charge in [-0.15, -0.1) is 0 Å². The van der Waals surface area contributed by atoms with E-state index < -0.39 is 0 Å². The van der Waals surface area contributed by atoms with Gasteiger partial charge < -0.3 is 0 Å². The average Bonchev–Trinajstić information content (AvgIpc) is 2.64. The lowest BCUT2D eigenvalue weighted by Gasteiger charge is -1.96. The van der Waals surface area contributed by atoms with E-state index in [0.717, 1.165) is 0 Å². The van der Waals surface area contributed by atoms with Gasteiger partial charge in [-0.05, 0) is 31.1 Å². The largest absolute Gasteiger partial charge is 0.379 e. The van der Waals surface area contributed by atoms with Gasteiger partial charge >= 0.3 is 12.2 Å². The van der Waals surface area contributed by atoms with E-state index in [-0.39, 0.29) is 5.83 Å². The number of hydrogen-bond acceptors (Lipinski definition) is 2. The van der Waals surface area contributed by atoms with Gasteiger partial charge in [0.2, 0.25) is 0 Å². The Kier molecular flexibility index (Phi) is 4.17. The van der Waals surface area contributed by atoms with Crippen LogP contribution in [0, 0.1) is 0 Å². The molecule has 86 valence electrons. The molecule has 0 aliphatic heterocycles. The van der Waals surface area contributed by atoms with Gasteiger partial charge in [0.15, 0.2) is 5.16 Å². The van der Waals surface area contributed by atoms with Crippen LogP contribution in [-0.2, 0) is 7.05 Å². The van der Waals surface area contributed by atoms with Crippen LogP contribution in [0.2, 0.25) is 0 Å². The summed E-state index contributed by atoms with van der Waals surface area (Å²) in [6, 6.07) is 0. The van der Waals surface area contributed by atoms with Crippen molar-refractivity contribution in [2.45, 2.75) is 20.3 Å². The fourth-order valence-corrected chi connectivity index (χ4v) is 1.28. The van der Waals surface area contributed by atoms with Crippen LogP contribution in [0.1, 0.15) is 26.1 Å². The zero-order valence-corrected chi connectivity index (χ0v) is 9.83. The SMILES string of the molecule is C=C(C=C(C)C(F)=CCC)c1noc[n+]1C. The van der Waals surface area contributed by atoms with Crippen molar-refractivity contribution in [2.75, 3.05) is 0 Å². The molecule has 16 heavy (non-hydrogen) atoms. The summed E-state index contributed by atoms with van der Waals surface area (Å²) in [4.78, 5) is 0. The van der Waals surface area contributed by atoms with Gasteiger partial charge in [0, 0.05) is 0 Å². The molecule has 0 amide bonds. The molecule has 0 aliphatic rings. The van der Waals surface area contributed by atoms with E-state index >= 15 is 0 Å². The van der Waals surface area contributed by atoms with Crippen molar-refractivity contribution in [2.24, 2.45) is 7.05 Å². The van der Waals surface area contributed by atoms with Crippen molar-refractivity contribution in [1.29, 1.82) is 0 Å². The van der Waals surface area contributed by atoms with Crippen molar-refractivity contribution >= 4 is 5.57 Å². The lowest BCUT2D eigenvalue weighted by molar-refractivity contribution is -0.677. The Hall–Kier alpha value is -1.71. The predicted molar refractivity (Wildman–Crippen MR) is 60.0 cm³/mol. The van der Waals surface area contributed by atoms with E-state index in [1.807, 2.05) is 6.92 Å². The molecule has 0 fully saturated rings. The number of nitrogens with zero attached hydrogens (tertiary/aromatic N) is 2. The highest BCUT2D eigenvalue weighted by atomic mass is 19.1. The third-order valence-electron chi connectivity index (χ3n) is 2.12. The van der Waals surface area contributed by atoms with E-state index in [1.165, 1.54) is 12.5 Å². The van der Waals surface area contributed by atoms with Crippen molar-refractivity contribution in [3.05, 3.63) is 42.3 Å². The highest BCUT2D eigenvalue weighted by molar-refractivity contribution is 5.67. The number of rotatable bonds is 4. The molecule has 0 N–H and O–H groups in total. The number of halogens is 1. The number of aryl methyl sites for hydroxylation is 1. The first kappa shape index (κ1) is 12.4. The standard InChI is InChI=1S/C12H16FN2O/c1-5-6-11(13)9(2)7-10(3)12-14-16-8-15(12)4/h6-8H,3,5H2,1-2,4H3/q+1. The van der Waals surface area contributed by atoms with Gasteiger partial charge in [0.25, 0.3) is 0 Å². The third kappa shape index (κ3) is 2.89. The normalized spacial score (nSPS) is 13.0. The number of allylic oxidation sites excluding steroid dienone is 5. The molecule has 4 heteroatoms. The maximum absolute atomic E-state index is 13.4. The molecule has 0 saturated heterocycles. The number of hydrogen-bond donors (Lipinski definition) is 0. The maximum atomic E-state index is 13.4. The second-order valence-electron chi connectivity index (χ2n) is 3.55. The molecule has 0 aromatic carbocycles. The smallest absolute Gasteiger partial charge is 0.221 e. The molecule has 0 radical (unpaired) electrons. The van der Waals surface area contributed by atoms with Crippen LogP contribution in [-0.4, -0.2) is 5.16 Å². The van der Waals surface area contributed by atoms with Gasteiger partial charge in [-0.25, -0.2) is 8.91 Å². The Morgan fingerprint density at radius 2 is 2.38 bits per heavy atom. The lowest BCUT2D eigenvalue weighted by Crippen LogP contribution is -2.29. The van der Waals surface area contributed by atoms with Crippen LogP contribution in [0.15, 0.2) is 41.0 Å². The van der Waals surface area contributed by atoms with Crippen LogP contribution >= 0.6 is 0 Å². The van der Waals surface area contributed by atoms with Crippen LogP contribution in [0.5, 0.6) is 0 Å². The van der Waals surface area contributed by atoms with E-state index in [2.05, 4.69) is 11.7 Å². The molecule has 3 nitrogen and oxygen atoms in total. The van der Waals surface area contributed by atoms with Crippen LogP contribution in [0.4, 0.5) is 4.39 Å². The summed E-state index contributed by atoms with van der Waals surface area (Å²) in [5, 5.41) is 3.78. The molecule has 1 aromatic rings. The van der Waals surface area contributed by atoms with Crippen LogP contribution in [0.25, 0.3) is 5.57 Å². The first-order chi connectivity index (χ1) is 7.56. The Labute approximate surface area is 94.6 Å². The zero-order valence-electron chi connectivity index (χ0n) is 9.83. The van der Waals surface area contributed by atoms with Gasteiger partial charge in [0.05, 0.1) is 12.6 Å². The quantitative estimate of drug-likeness (QED) is 0.580. The topological polar surface area (TPSA) is 29.9 Å². The van der Waals surface area contributed by atoms with E-state index in [0.29, 0.717) is 23.4 Å². The lowest BCUT2D eigenvalue weighted by atomic mass is 10.1. The fourth-order valence-electron chi connectivity index (χ4n) is 1.28. The first-order valence-electron chi connectivity index (χ1n) is 5.09. The Morgan fingerprint density at radius 3 is 2.88 bits per heavy atom. The molecule has 1 aromatic heterocycles. The molecule has 1 rings (SSSR count). The van der Waals surface area contributed by atoms with Crippen molar-refractivity contribution < 1.29 is 13.5 Å². The van der Waals surface area contributed by atoms with E-state index in [4.69, 9.17) is 4.52 Å². The minimum absolute atomic E-state index is 0.227. The van der Waals surface area contributed by atoms with Crippen molar-refractivity contribution in [3.8, 4) is 0 Å². The highest BCUT2D eigenvalue weighted by Gasteiger charge is 2.15. The van der Waals surface area contributed by atoms with Crippen LogP contribution < -0.4 is 4.57 Å². The van der Waals surface area contributed by atoms with Gasteiger partial charge in [0.1, 0.15) is 5.83 Å². The fraction of sp³-hybridized carbons (Fsp3) is 0.333. The van der Waals surface area contributed by atoms with Crippen LogP contribution in [0.3, 0.4) is 0 Å². The molecule has 0 unspecified atom stereocenters. The summed E-state index contributed by atoms with van der Waals surface area (Å²) in [7, 11) is 1.79. The molecule has 0 atom stereocenters. The predicted octanol–water partition coefficient (Wildman–Crippen LogP) is 2.72. The number of aromatic nitrogens is 2. The molecule has 0 aliphatic carbocycles. The summed E-state index contributed by atoms with van der Waals surface area (Å²) in [5.41, 5.74) is 1.16. The van der Waals surface area contributed by atoms with E-state index in [9.17, 15) is 4.39 Å². The Bertz CT molecular complexity index is 444. The monoisotopic (exact) mass is 223 g/mol. The minimum Gasteiger partial charge on any atom is -0.221 e. The third-order valence-corrected chi connectivity index (χ3v) is 2.12. The van der Waals surface area contributed by atoms with Gasteiger partial charge in [-0.3, -0.25) is 0 Å². The highest BCUT2D eigenvalue weighted by Crippen LogP contribution is 2.16. The van der Waals surface area contributed by atoms with E-state index in [1.54, 1.807) is 24.6 Å². The van der Waals surface area contributed by atoms with Gasteiger partial charge in [-0.1, -0.05) is 13.5 Å². The van der Waals surface area contributed by atoms with Gasteiger partial charge in [-0.2, -0.15) is 4.57 Å². The maximum Gasteiger partial charge on any atom is 0.379 e. The summed E-state index contributed by atoms with van der Waals surface area (Å²) in [6.07, 6.45) is 5.31.